The maximum Gasteiger partial charge on any atom is 0.350 e. The zero-order valence-corrected chi connectivity index (χ0v) is 13.2. The summed E-state index contributed by atoms with van der Waals surface area (Å²) in [5, 5.41) is 7.36. The molecule has 0 aromatic heterocycles. The molecule has 22 heavy (non-hydrogen) atoms. The fraction of sp³-hybridized carbons (Fsp3) is 0.647. The minimum absolute atomic E-state index is 0. The van der Waals surface area contributed by atoms with Gasteiger partial charge in [-0.25, -0.2) is 4.90 Å². The van der Waals surface area contributed by atoms with Crippen molar-refractivity contribution in [3.05, 3.63) is 31.1 Å². The molecule has 1 atom stereocenters. The number of azo groups is 2. The van der Waals surface area contributed by atoms with E-state index >= 15 is 0 Å². The molecule has 1 saturated heterocycles. The monoisotopic (exact) mass is 304 g/mol. The topological polar surface area (TPSA) is 47.7 Å². The van der Waals surface area contributed by atoms with Crippen molar-refractivity contribution < 1.29 is 10.9 Å². The smallest absolute Gasteiger partial charge is 0.350 e. The van der Waals surface area contributed by atoms with Gasteiger partial charge in [-0.05, 0) is 29.9 Å². The Labute approximate surface area is 134 Å². The molecule has 1 radical (unpaired) electrons. The van der Waals surface area contributed by atoms with Crippen LogP contribution < -0.4 is 5.32 Å². The SMILES string of the molecule is C=CC(=O)NCC1CN(CC2CCCCC2)[C]2C=CN=[N+]2C1.[HH]. The molecule has 121 valence electrons. The molecule has 2 fully saturated rings. The first-order chi connectivity index (χ1) is 10.8. The molecule has 5 nitrogen and oxygen atoms in total. The van der Waals surface area contributed by atoms with Gasteiger partial charge >= 0.3 is 6.17 Å². The third-order valence-electron chi connectivity index (χ3n) is 4.88. The van der Waals surface area contributed by atoms with Crippen molar-refractivity contribution in [1.29, 1.82) is 0 Å². The fourth-order valence-corrected chi connectivity index (χ4v) is 3.74. The van der Waals surface area contributed by atoms with E-state index in [4.69, 9.17) is 0 Å². The maximum atomic E-state index is 11.4. The number of nitrogens with one attached hydrogen (secondary N) is 1. The van der Waals surface area contributed by atoms with E-state index in [1.54, 1.807) is 0 Å². The number of hydrogen-bond acceptors (Lipinski definition) is 3. The Morgan fingerprint density at radius 3 is 3.05 bits per heavy atom. The first-order valence-electron chi connectivity index (χ1n) is 8.43. The molecule has 3 rings (SSSR count). The van der Waals surface area contributed by atoms with Gasteiger partial charge < -0.3 is 5.32 Å². The van der Waals surface area contributed by atoms with Gasteiger partial charge in [0.2, 0.25) is 5.91 Å². The number of nitrogens with zero attached hydrogens (tertiary/aromatic N) is 3. The van der Waals surface area contributed by atoms with Crippen molar-refractivity contribution in [3.8, 4) is 0 Å². The summed E-state index contributed by atoms with van der Waals surface area (Å²) in [7, 11) is 0. The first kappa shape index (κ1) is 15.4. The van der Waals surface area contributed by atoms with E-state index < -0.39 is 0 Å². The summed E-state index contributed by atoms with van der Waals surface area (Å²) in [6.45, 7) is 7.19. The van der Waals surface area contributed by atoms with Crippen LogP contribution in [-0.2, 0) is 4.79 Å². The zero-order valence-electron chi connectivity index (χ0n) is 13.2. The van der Waals surface area contributed by atoms with Crippen molar-refractivity contribution in [2.45, 2.75) is 32.1 Å². The van der Waals surface area contributed by atoms with Crippen molar-refractivity contribution in [1.82, 2.24) is 10.2 Å². The molecule has 1 unspecified atom stereocenters. The second kappa shape index (κ2) is 7.18. The van der Waals surface area contributed by atoms with E-state index in [2.05, 4.69) is 32.7 Å². The molecule has 5 heteroatoms. The lowest BCUT2D eigenvalue weighted by molar-refractivity contribution is -0.600. The lowest BCUT2D eigenvalue weighted by atomic mass is 9.88. The highest BCUT2D eigenvalue weighted by molar-refractivity contribution is 5.86. The molecule has 2 heterocycles. The van der Waals surface area contributed by atoms with Gasteiger partial charge in [0.15, 0.2) is 6.54 Å². The number of carbonyl (C=O) groups is 1. The predicted octanol–water partition coefficient (Wildman–Crippen LogP) is 2.53. The predicted molar refractivity (Wildman–Crippen MR) is 86.9 cm³/mol. The Morgan fingerprint density at radius 1 is 1.45 bits per heavy atom. The van der Waals surface area contributed by atoms with Gasteiger partial charge in [-0.15, -0.1) is 0 Å². The summed E-state index contributed by atoms with van der Waals surface area (Å²) in [5.74, 6) is 1.11. The second-order valence-electron chi connectivity index (χ2n) is 6.60. The third kappa shape index (κ3) is 3.64. The van der Waals surface area contributed by atoms with Crippen LogP contribution in [0.2, 0.25) is 0 Å². The highest BCUT2D eigenvalue weighted by Gasteiger charge is 2.42. The lowest BCUT2D eigenvalue weighted by Crippen LogP contribution is -2.50. The third-order valence-corrected chi connectivity index (χ3v) is 4.88. The molecule has 0 bridgehead atoms. The van der Waals surface area contributed by atoms with Crippen LogP contribution in [-0.4, -0.2) is 41.7 Å². The Morgan fingerprint density at radius 2 is 2.27 bits per heavy atom. The van der Waals surface area contributed by atoms with Crippen molar-refractivity contribution in [3.63, 3.8) is 0 Å². The Bertz CT molecular complexity index is 485. The number of rotatable bonds is 5. The number of amides is 1. The Hall–Kier alpha value is -1.49. The van der Waals surface area contributed by atoms with Crippen molar-refractivity contribution >= 4 is 5.91 Å². The summed E-state index contributed by atoms with van der Waals surface area (Å²) >= 11 is 0. The molecule has 3 aliphatic rings. The summed E-state index contributed by atoms with van der Waals surface area (Å²) < 4.78 is 2.08. The maximum absolute atomic E-state index is 11.4. The minimum atomic E-state index is -0.0925. The van der Waals surface area contributed by atoms with Crippen molar-refractivity contribution in [2.24, 2.45) is 17.0 Å². The van der Waals surface area contributed by atoms with E-state index in [0.717, 1.165) is 25.6 Å². The molecule has 1 saturated carbocycles. The summed E-state index contributed by atoms with van der Waals surface area (Å²) in [6.07, 6.45) is 13.4. The summed E-state index contributed by atoms with van der Waals surface area (Å²) in [6, 6.07) is 0. The highest BCUT2D eigenvalue weighted by Crippen LogP contribution is 2.30. The van der Waals surface area contributed by atoms with Gasteiger partial charge in [0.05, 0.1) is 12.1 Å². The molecule has 1 amide bonds. The van der Waals surface area contributed by atoms with E-state index in [1.807, 2.05) is 6.20 Å². The van der Waals surface area contributed by atoms with Crippen LogP contribution in [0.5, 0.6) is 0 Å². The van der Waals surface area contributed by atoms with Gasteiger partial charge in [-0.3, -0.25) is 4.79 Å². The van der Waals surface area contributed by atoms with Crippen LogP contribution in [0.15, 0.2) is 30.0 Å². The molecule has 0 aromatic carbocycles. The van der Waals surface area contributed by atoms with Crippen LogP contribution in [0.4, 0.5) is 0 Å². The summed E-state index contributed by atoms with van der Waals surface area (Å²) in [4.78, 5) is 13.9. The second-order valence-corrected chi connectivity index (χ2v) is 6.60. The first-order valence-corrected chi connectivity index (χ1v) is 8.43. The van der Waals surface area contributed by atoms with E-state index in [-0.39, 0.29) is 7.33 Å². The standard InChI is InChI=1S/C17H26N4O.H2/c1-2-16(22)18-10-15-12-20(11-14-6-4-3-5-7-14)17-8-9-19-21(17)13-15;/h2,8-9,14-15H,1,3-7,10-13H2,(H,18,22);1H/q+1;. The van der Waals surface area contributed by atoms with Gasteiger partial charge in [-0.1, -0.05) is 30.5 Å². The van der Waals surface area contributed by atoms with Crippen LogP contribution in [0, 0.1) is 18.0 Å². The van der Waals surface area contributed by atoms with Gasteiger partial charge in [0, 0.05) is 27.1 Å². The van der Waals surface area contributed by atoms with Crippen LogP contribution in [0.25, 0.3) is 0 Å². The molecular formula is C17H28N4O+. The fourth-order valence-electron chi connectivity index (χ4n) is 3.74. The molecule has 0 spiro atoms. The quantitative estimate of drug-likeness (QED) is 0.627. The van der Waals surface area contributed by atoms with Crippen LogP contribution >= 0.6 is 0 Å². The summed E-state index contributed by atoms with van der Waals surface area (Å²) in [5.41, 5.74) is 0. The molecule has 1 N–H and O–H groups in total. The molecule has 0 aromatic rings. The molecule has 1 aliphatic carbocycles. The van der Waals surface area contributed by atoms with Gasteiger partial charge in [-0.2, -0.15) is 0 Å². The zero-order chi connectivity index (χ0) is 15.4. The Balaban J connectivity index is 0.00000192. The van der Waals surface area contributed by atoms with E-state index in [0.29, 0.717) is 12.5 Å². The number of carbonyl (C=O) groups excluding carboxylic acids is 1. The highest BCUT2D eigenvalue weighted by atomic mass is 16.1. The lowest BCUT2D eigenvalue weighted by Gasteiger charge is -2.34. The van der Waals surface area contributed by atoms with E-state index in [9.17, 15) is 4.79 Å². The van der Waals surface area contributed by atoms with Gasteiger partial charge in [0.25, 0.3) is 0 Å². The normalized spacial score (nSPS) is 26.5. The van der Waals surface area contributed by atoms with Crippen molar-refractivity contribution in [2.75, 3.05) is 26.2 Å². The largest absolute Gasteiger partial charge is 0.352 e. The van der Waals surface area contributed by atoms with Crippen LogP contribution in [0.1, 0.15) is 33.5 Å². The average Bonchev–Trinajstić information content (AvgIpc) is 3.02. The average molecular weight is 304 g/mol. The van der Waals surface area contributed by atoms with E-state index in [1.165, 1.54) is 44.3 Å². The number of hydrogen-bond donors (Lipinski definition) is 1. The minimum Gasteiger partial charge on any atom is -0.352 e. The Kier molecular flexibility index (Phi) is 5.03. The molecular weight excluding hydrogens is 276 g/mol. The molecule has 2 aliphatic heterocycles. The van der Waals surface area contributed by atoms with Crippen LogP contribution in [0.3, 0.4) is 0 Å². The van der Waals surface area contributed by atoms with Gasteiger partial charge in [0.1, 0.15) is 0 Å². The number of fused-ring (bicyclic) bond motifs is 1.